The number of aliphatic hydroxyl groups excluding tert-OH is 1. The van der Waals surface area contributed by atoms with Crippen molar-refractivity contribution in [3.63, 3.8) is 0 Å². The van der Waals surface area contributed by atoms with E-state index < -0.39 is 12.1 Å². The highest BCUT2D eigenvalue weighted by Gasteiger charge is 2.31. The van der Waals surface area contributed by atoms with E-state index in [9.17, 15) is 14.7 Å². The molecule has 2 heterocycles. The van der Waals surface area contributed by atoms with Crippen LogP contribution in [0.4, 0.5) is 0 Å². The summed E-state index contributed by atoms with van der Waals surface area (Å²) in [4.78, 5) is 26.3. The third-order valence-corrected chi connectivity index (χ3v) is 6.10. The predicted molar refractivity (Wildman–Crippen MR) is 105 cm³/mol. The third-order valence-electron chi connectivity index (χ3n) is 5.04. The number of carbonyl (C=O) groups excluding carboxylic acids is 1. The fourth-order valence-electron chi connectivity index (χ4n) is 3.65. The molecule has 1 saturated heterocycles. The zero-order valence-corrected chi connectivity index (χ0v) is 16.2. The number of amides is 1. The number of thiophene rings is 1. The topological polar surface area (TPSA) is 77.8 Å². The molecule has 2 atom stereocenters. The van der Waals surface area contributed by atoms with Gasteiger partial charge in [-0.05, 0) is 50.3 Å². The zero-order valence-electron chi connectivity index (χ0n) is 15.4. The first-order chi connectivity index (χ1) is 12.9. The van der Waals surface area contributed by atoms with Crippen molar-refractivity contribution in [2.75, 3.05) is 0 Å². The van der Waals surface area contributed by atoms with Gasteiger partial charge in [-0.1, -0.05) is 29.8 Å². The lowest BCUT2D eigenvalue weighted by Crippen LogP contribution is -2.33. The average Bonchev–Trinajstić information content (AvgIpc) is 3.22. The first-order valence-electron chi connectivity index (χ1n) is 9.27. The van der Waals surface area contributed by atoms with Crippen molar-refractivity contribution in [3.05, 3.63) is 57.3 Å². The molecule has 27 heavy (non-hydrogen) atoms. The summed E-state index contributed by atoms with van der Waals surface area (Å²) >= 11 is 1.22. The molecule has 0 radical (unpaired) electrons. The summed E-state index contributed by atoms with van der Waals surface area (Å²) in [5.74, 6) is -0.826. The van der Waals surface area contributed by atoms with E-state index in [-0.39, 0.29) is 11.9 Å². The summed E-state index contributed by atoms with van der Waals surface area (Å²) in [6.45, 7) is 2.49. The maximum absolute atomic E-state index is 12.3. The number of hydrogen-bond acceptors (Lipinski definition) is 4. The molecule has 2 aromatic rings. The van der Waals surface area contributed by atoms with Gasteiger partial charge in [-0.3, -0.25) is 4.79 Å². The maximum atomic E-state index is 12.3. The van der Waals surface area contributed by atoms with E-state index in [2.05, 4.69) is 6.07 Å². The van der Waals surface area contributed by atoms with Crippen molar-refractivity contribution in [2.45, 2.75) is 57.7 Å². The second kappa shape index (κ2) is 8.67. The predicted octanol–water partition coefficient (Wildman–Crippen LogP) is 3.63. The molecule has 0 spiro atoms. The molecule has 1 aromatic heterocycles. The van der Waals surface area contributed by atoms with Gasteiger partial charge < -0.3 is 15.1 Å². The number of benzene rings is 1. The largest absolute Gasteiger partial charge is 0.477 e. The lowest BCUT2D eigenvalue weighted by molar-refractivity contribution is -0.129. The van der Waals surface area contributed by atoms with E-state index in [0.717, 1.165) is 23.3 Å². The number of aromatic carboxylic acids is 1. The molecule has 1 aliphatic heterocycles. The lowest BCUT2D eigenvalue weighted by Gasteiger charge is -2.25. The summed E-state index contributed by atoms with van der Waals surface area (Å²) in [6, 6.07) is 11.6. The second-order valence-corrected chi connectivity index (χ2v) is 8.38. The van der Waals surface area contributed by atoms with Crippen LogP contribution in [-0.4, -0.2) is 39.1 Å². The van der Waals surface area contributed by atoms with Gasteiger partial charge in [-0.25, -0.2) is 4.79 Å². The number of aliphatic hydroxyl groups is 1. The van der Waals surface area contributed by atoms with Crippen LogP contribution in [0.2, 0.25) is 0 Å². The summed E-state index contributed by atoms with van der Waals surface area (Å²) < 4.78 is 0. The van der Waals surface area contributed by atoms with Crippen LogP contribution in [0.25, 0.3) is 0 Å². The first kappa shape index (κ1) is 19.6. The molecule has 0 unspecified atom stereocenters. The van der Waals surface area contributed by atoms with Gasteiger partial charge in [0.2, 0.25) is 5.91 Å². The lowest BCUT2D eigenvalue weighted by atomic mass is 9.99. The first-order valence-corrected chi connectivity index (χ1v) is 10.1. The SMILES string of the molecule is Cc1cccc(C[C@H](O)CC[C@H]2CCC(=O)N2Cc2ccc(C(=O)O)s2)c1. The monoisotopic (exact) mass is 387 g/mol. The molecule has 144 valence electrons. The van der Waals surface area contributed by atoms with Crippen LogP contribution in [0.1, 0.15) is 51.4 Å². The molecule has 1 aromatic carbocycles. The Balaban J connectivity index is 1.55. The molecule has 2 N–H and O–H groups in total. The summed E-state index contributed by atoms with van der Waals surface area (Å²) in [7, 11) is 0. The Hall–Kier alpha value is -2.18. The van der Waals surface area contributed by atoms with Crippen LogP contribution in [0.5, 0.6) is 0 Å². The Kier molecular flexibility index (Phi) is 6.29. The van der Waals surface area contributed by atoms with Gasteiger partial charge in [0, 0.05) is 17.3 Å². The van der Waals surface area contributed by atoms with Crippen molar-refractivity contribution < 1.29 is 19.8 Å². The van der Waals surface area contributed by atoms with Gasteiger partial charge in [0.15, 0.2) is 0 Å². The average molecular weight is 388 g/mol. The molecule has 0 saturated carbocycles. The summed E-state index contributed by atoms with van der Waals surface area (Å²) in [5, 5.41) is 19.4. The van der Waals surface area contributed by atoms with Crippen molar-refractivity contribution in [1.29, 1.82) is 0 Å². The number of carbonyl (C=O) groups is 2. The van der Waals surface area contributed by atoms with Gasteiger partial charge in [-0.15, -0.1) is 11.3 Å². The minimum atomic E-state index is -0.935. The van der Waals surface area contributed by atoms with Crippen molar-refractivity contribution in [2.24, 2.45) is 0 Å². The fourth-order valence-corrected chi connectivity index (χ4v) is 4.50. The second-order valence-electron chi connectivity index (χ2n) is 7.21. The minimum absolute atomic E-state index is 0.110. The molecule has 0 aliphatic carbocycles. The third kappa shape index (κ3) is 5.17. The number of rotatable bonds is 8. The van der Waals surface area contributed by atoms with Crippen molar-refractivity contribution in [1.82, 2.24) is 4.90 Å². The Labute approximate surface area is 163 Å². The minimum Gasteiger partial charge on any atom is -0.477 e. The van der Waals surface area contributed by atoms with Gasteiger partial charge in [-0.2, -0.15) is 0 Å². The summed E-state index contributed by atoms with van der Waals surface area (Å²) in [6.07, 6.45) is 2.92. The van der Waals surface area contributed by atoms with Crippen LogP contribution in [0, 0.1) is 6.92 Å². The standard InChI is InChI=1S/C21H25NO4S/c1-14-3-2-4-15(11-14)12-17(23)7-5-16-6-10-20(24)22(16)13-18-8-9-19(27-18)21(25)26/h2-4,8-9,11,16-17,23H,5-7,10,12-13H2,1H3,(H,25,26)/t16-,17+/m0/s1. The highest BCUT2D eigenvalue weighted by molar-refractivity contribution is 7.13. The molecular weight excluding hydrogens is 362 g/mol. The van der Waals surface area contributed by atoms with Gasteiger partial charge >= 0.3 is 5.97 Å². The molecule has 1 aliphatic rings. The maximum Gasteiger partial charge on any atom is 0.345 e. The Bertz CT molecular complexity index is 816. The number of carboxylic acid groups (broad SMARTS) is 1. The quantitative estimate of drug-likeness (QED) is 0.725. The van der Waals surface area contributed by atoms with Crippen molar-refractivity contribution in [3.8, 4) is 0 Å². The number of nitrogens with zero attached hydrogens (tertiary/aromatic N) is 1. The molecule has 0 bridgehead atoms. The number of carboxylic acids is 1. The Morgan fingerprint density at radius 3 is 2.85 bits per heavy atom. The van der Waals surface area contributed by atoms with Gasteiger partial charge in [0.25, 0.3) is 0 Å². The van der Waals surface area contributed by atoms with Crippen LogP contribution >= 0.6 is 11.3 Å². The zero-order chi connectivity index (χ0) is 19.4. The van der Waals surface area contributed by atoms with Gasteiger partial charge in [0.05, 0.1) is 12.6 Å². The Morgan fingerprint density at radius 2 is 2.15 bits per heavy atom. The van der Waals surface area contributed by atoms with Crippen LogP contribution in [-0.2, 0) is 17.8 Å². The Morgan fingerprint density at radius 1 is 1.33 bits per heavy atom. The normalized spacial score (nSPS) is 18.1. The van der Waals surface area contributed by atoms with E-state index in [1.54, 1.807) is 12.1 Å². The van der Waals surface area contributed by atoms with Gasteiger partial charge in [0.1, 0.15) is 4.88 Å². The van der Waals surface area contributed by atoms with Crippen LogP contribution in [0.15, 0.2) is 36.4 Å². The molecule has 3 rings (SSSR count). The van der Waals surface area contributed by atoms with E-state index in [4.69, 9.17) is 5.11 Å². The molecular formula is C21H25NO4S. The molecule has 6 heteroatoms. The van der Waals surface area contributed by atoms with E-state index in [0.29, 0.717) is 30.7 Å². The van der Waals surface area contributed by atoms with E-state index in [1.807, 2.05) is 30.0 Å². The smallest absolute Gasteiger partial charge is 0.345 e. The number of likely N-dealkylation sites (tertiary alicyclic amines) is 1. The number of aryl methyl sites for hydroxylation is 1. The molecule has 5 nitrogen and oxygen atoms in total. The highest BCUT2D eigenvalue weighted by atomic mass is 32.1. The van der Waals surface area contributed by atoms with Crippen LogP contribution < -0.4 is 0 Å². The van der Waals surface area contributed by atoms with E-state index in [1.165, 1.54) is 16.9 Å². The number of hydrogen-bond donors (Lipinski definition) is 2. The van der Waals surface area contributed by atoms with Crippen molar-refractivity contribution >= 4 is 23.2 Å². The van der Waals surface area contributed by atoms with Crippen LogP contribution in [0.3, 0.4) is 0 Å². The van der Waals surface area contributed by atoms with E-state index >= 15 is 0 Å². The summed E-state index contributed by atoms with van der Waals surface area (Å²) in [5.41, 5.74) is 2.31. The molecule has 1 fully saturated rings. The highest BCUT2D eigenvalue weighted by Crippen LogP contribution is 2.28. The fraction of sp³-hybridized carbons (Fsp3) is 0.429. The molecule has 1 amide bonds.